The fourth-order valence-electron chi connectivity index (χ4n) is 3.93. The van der Waals surface area contributed by atoms with E-state index in [2.05, 4.69) is 37.9 Å². The van der Waals surface area contributed by atoms with Crippen LogP contribution in [-0.2, 0) is 0 Å². The first-order valence-corrected chi connectivity index (χ1v) is 8.72. The topological polar surface area (TPSA) is 38.5 Å². The molecule has 3 rings (SSSR count). The Morgan fingerprint density at radius 2 is 2.00 bits per heavy atom. The van der Waals surface area contributed by atoms with Gasteiger partial charge >= 0.3 is 0 Å². The van der Waals surface area contributed by atoms with Crippen molar-refractivity contribution in [2.75, 3.05) is 26.7 Å². The van der Waals surface area contributed by atoms with E-state index in [1.165, 1.54) is 36.0 Å². The summed E-state index contributed by atoms with van der Waals surface area (Å²) in [6, 6.07) is 5.02. The molecule has 1 aliphatic carbocycles. The number of nitrogens with zero attached hydrogens (tertiary/aromatic N) is 1. The summed E-state index contributed by atoms with van der Waals surface area (Å²) in [6.07, 6.45) is 5.19. The number of hydrogen-bond acceptors (Lipinski definition) is 3. The van der Waals surface area contributed by atoms with E-state index in [1.54, 1.807) is 0 Å². The van der Waals surface area contributed by atoms with E-state index in [9.17, 15) is 0 Å². The Hall–Kier alpha value is -1.06. The van der Waals surface area contributed by atoms with Gasteiger partial charge in [-0.1, -0.05) is 24.1 Å². The van der Waals surface area contributed by atoms with Crippen LogP contribution >= 0.6 is 0 Å². The molecular formula is C19H30N2O. The Balaban J connectivity index is 1.84. The summed E-state index contributed by atoms with van der Waals surface area (Å²) in [4.78, 5) is 2.45. The maximum Gasteiger partial charge on any atom is 0.127 e. The van der Waals surface area contributed by atoms with Gasteiger partial charge in [0.1, 0.15) is 5.75 Å². The van der Waals surface area contributed by atoms with Crippen molar-refractivity contribution in [1.82, 2.24) is 4.90 Å². The van der Waals surface area contributed by atoms with Gasteiger partial charge in [-0.3, -0.25) is 4.90 Å². The van der Waals surface area contributed by atoms with Crippen LogP contribution in [0.4, 0.5) is 0 Å². The molecule has 3 nitrogen and oxygen atoms in total. The minimum Gasteiger partial charge on any atom is -0.493 e. The first-order valence-electron chi connectivity index (χ1n) is 8.72. The Labute approximate surface area is 134 Å². The van der Waals surface area contributed by atoms with Crippen molar-refractivity contribution in [3.8, 4) is 5.75 Å². The third-order valence-electron chi connectivity index (χ3n) is 5.46. The zero-order valence-corrected chi connectivity index (χ0v) is 14.3. The van der Waals surface area contributed by atoms with Crippen molar-refractivity contribution in [3.63, 3.8) is 0 Å². The molecule has 1 aliphatic heterocycles. The van der Waals surface area contributed by atoms with Gasteiger partial charge in [0.25, 0.3) is 0 Å². The molecule has 22 heavy (non-hydrogen) atoms. The molecular weight excluding hydrogens is 272 g/mol. The van der Waals surface area contributed by atoms with Crippen LogP contribution in [0.2, 0.25) is 0 Å². The van der Waals surface area contributed by atoms with Gasteiger partial charge in [0, 0.05) is 18.2 Å². The second-order valence-corrected chi connectivity index (χ2v) is 7.40. The smallest absolute Gasteiger partial charge is 0.127 e. The Kier molecular flexibility index (Phi) is 4.74. The molecule has 2 fully saturated rings. The molecule has 1 aromatic carbocycles. The summed E-state index contributed by atoms with van der Waals surface area (Å²) in [6.45, 7) is 7.12. The molecule has 2 aliphatic rings. The first-order chi connectivity index (χ1) is 10.6. The summed E-state index contributed by atoms with van der Waals surface area (Å²) in [5.74, 6) is 2.51. The third kappa shape index (κ3) is 3.16. The molecule has 2 atom stereocenters. The van der Waals surface area contributed by atoms with E-state index in [-0.39, 0.29) is 0 Å². The largest absolute Gasteiger partial charge is 0.493 e. The second-order valence-electron chi connectivity index (χ2n) is 7.40. The van der Waals surface area contributed by atoms with E-state index in [0.717, 1.165) is 37.8 Å². The standard InChI is InChI=1S/C19H30N2O/c1-13-7-14(2)19(22-12-15-5-4-6-15)17(8-13)18-9-16(10-20)11-21(18)3/h7-8,15-16,18H,4-6,9-12,20H2,1-3H3. The highest BCUT2D eigenvalue weighted by atomic mass is 16.5. The predicted octanol–water partition coefficient (Wildman–Crippen LogP) is 3.43. The van der Waals surface area contributed by atoms with Gasteiger partial charge in [-0.2, -0.15) is 0 Å². The molecule has 0 spiro atoms. The highest BCUT2D eigenvalue weighted by Gasteiger charge is 2.32. The van der Waals surface area contributed by atoms with Crippen LogP contribution in [0.25, 0.3) is 0 Å². The lowest BCUT2D eigenvalue weighted by Gasteiger charge is -2.28. The Bertz CT molecular complexity index is 524. The fraction of sp³-hybridized carbons (Fsp3) is 0.684. The van der Waals surface area contributed by atoms with Crippen molar-refractivity contribution >= 4 is 0 Å². The summed E-state index contributed by atoms with van der Waals surface area (Å²) in [7, 11) is 2.22. The Morgan fingerprint density at radius 3 is 2.59 bits per heavy atom. The van der Waals surface area contributed by atoms with Crippen LogP contribution in [0.3, 0.4) is 0 Å². The van der Waals surface area contributed by atoms with E-state index in [1.807, 2.05) is 0 Å². The Morgan fingerprint density at radius 1 is 1.23 bits per heavy atom. The number of aryl methyl sites for hydroxylation is 2. The number of likely N-dealkylation sites (tertiary alicyclic amines) is 1. The minimum atomic E-state index is 0.448. The van der Waals surface area contributed by atoms with Crippen LogP contribution in [0, 0.1) is 25.7 Å². The molecule has 122 valence electrons. The summed E-state index contributed by atoms with van der Waals surface area (Å²) < 4.78 is 6.30. The van der Waals surface area contributed by atoms with Gasteiger partial charge in [-0.05, 0) is 64.1 Å². The monoisotopic (exact) mass is 302 g/mol. The van der Waals surface area contributed by atoms with Crippen LogP contribution in [0.1, 0.15) is 48.4 Å². The molecule has 0 bridgehead atoms. The van der Waals surface area contributed by atoms with Gasteiger partial charge in [-0.25, -0.2) is 0 Å². The van der Waals surface area contributed by atoms with Crippen molar-refractivity contribution in [3.05, 3.63) is 28.8 Å². The van der Waals surface area contributed by atoms with Crippen LogP contribution < -0.4 is 10.5 Å². The molecule has 0 amide bonds. The van der Waals surface area contributed by atoms with E-state index in [4.69, 9.17) is 10.5 Å². The van der Waals surface area contributed by atoms with Crippen molar-refractivity contribution in [2.24, 2.45) is 17.6 Å². The second kappa shape index (κ2) is 6.59. The van der Waals surface area contributed by atoms with E-state index < -0.39 is 0 Å². The summed E-state index contributed by atoms with van der Waals surface area (Å²) in [5.41, 5.74) is 9.87. The summed E-state index contributed by atoms with van der Waals surface area (Å²) >= 11 is 0. The van der Waals surface area contributed by atoms with Crippen molar-refractivity contribution in [2.45, 2.75) is 45.6 Å². The normalized spacial score (nSPS) is 26.2. The first kappa shape index (κ1) is 15.8. The fourth-order valence-corrected chi connectivity index (χ4v) is 3.93. The molecule has 2 unspecified atom stereocenters. The van der Waals surface area contributed by atoms with E-state index in [0.29, 0.717) is 12.0 Å². The van der Waals surface area contributed by atoms with Gasteiger partial charge in [0.05, 0.1) is 6.61 Å². The number of nitrogens with two attached hydrogens (primary N) is 1. The molecule has 3 heteroatoms. The lowest BCUT2D eigenvalue weighted by molar-refractivity contribution is 0.175. The van der Waals surface area contributed by atoms with Crippen LogP contribution in [0.15, 0.2) is 12.1 Å². The van der Waals surface area contributed by atoms with Gasteiger partial charge in [0.15, 0.2) is 0 Å². The zero-order valence-electron chi connectivity index (χ0n) is 14.3. The molecule has 2 N–H and O–H groups in total. The minimum absolute atomic E-state index is 0.448. The van der Waals surface area contributed by atoms with Crippen molar-refractivity contribution in [1.29, 1.82) is 0 Å². The molecule has 0 aromatic heterocycles. The van der Waals surface area contributed by atoms with Crippen LogP contribution in [0.5, 0.6) is 5.75 Å². The number of rotatable bonds is 5. The van der Waals surface area contributed by atoms with Crippen LogP contribution in [-0.4, -0.2) is 31.6 Å². The number of hydrogen-bond donors (Lipinski definition) is 1. The van der Waals surface area contributed by atoms with Crippen molar-refractivity contribution < 1.29 is 4.74 Å². The predicted molar refractivity (Wildman–Crippen MR) is 91.3 cm³/mol. The average Bonchev–Trinajstić information content (AvgIpc) is 2.80. The van der Waals surface area contributed by atoms with Gasteiger partial charge < -0.3 is 10.5 Å². The quantitative estimate of drug-likeness (QED) is 0.905. The van der Waals surface area contributed by atoms with Gasteiger partial charge in [0.2, 0.25) is 0 Å². The summed E-state index contributed by atoms with van der Waals surface area (Å²) in [5, 5.41) is 0. The zero-order chi connectivity index (χ0) is 15.7. The molecule has 1 heterocycles. The molecule has 1 saturated carbocycles. The lowest BCUT2D eigenvalue weighted by atomic mass is 9.86. The maximum atomic E-state index is 6.30. The lowest BCUT2D eigenvalue weighted by Crippen LogP contribution is -2.23. The highest BCUT2D eigenvalue weighted by molar-refractivity contribution is 5.46. The highest BCUT2D eigenvalue weighted by Crippen LogP contribution is 2.41. The average molecular weight is 302 g/mol. The van der Waals surface area contributed by atoms with Gasteiger partial charge in [-0.15, -0.1) is 0 Å². The number of ether oxygens (including phenoxy) is 1. The molecule has 1 aromatic rings. The molecule has 0 radical (unpaired) electrons. The maximum absolute atomic E-state index is 6.30. The molecule has 1 saturated heterocycles. The third-order valence-corrected chi connectivity index (χ3v) is 5.46. The van der Waals surface area contributed by atoms with E-state index >= 15 is 0 Å². The number of benzene rings is 1. The SMILES string of the molecule is Cc1cc(C)c(OCC2CCC2)c(C2CC(CN)CN2C)c1.